The van der Waals surface area contributed by atoms with E-state index in [2.05, 4.69) is 5.32 Å². The van der Waals surface area contributed by atoms with E-state index in [0.29, 0.717) is 12.1 Å². The second-order valence-electron chi connectivity index (χ2n) is 5.82. The van der Waals surface area contributed by atoms with Gasteiger partial charge in [-0.2, -0.15) is 0 Å². The number of benzene rings is 3. The Hall–Kier alpha value is -3.18. The topological polar surface area (TPSA) is 78.4 Å². The Bertz CT molecular complexity index is 904. The first-order valence-corrected chi connectivity index (χ1v) is 7.93. The molecule has 5 heteroatoms. The lowest BCUT2D eigenvalue weighted by Crippen LogP contribution is -2.20. The van der Waals surface area contributed by atoms with Gasteiger partial charge in [0.2, 0.25) is 11.8 Å². The lowest BCUT2D eigenvalue weighted by atomic mass is 10.0. The molecule has 0 radical (unpaired) electrons. The van der Waals surface area contributed by atoms with E-state index in [4.69, 9.17) is 5.21 Å². The largest absolute Gasteiger partial charge is 0.326 e. The van der Waals surface area contributed by atoms with Gasteiger partial charge in [-0.05, 0) is 34.0 Å². The Kier molecular flexibility index (Phi) is 5.06. The monoisotopic (exact) mass is 334 g/mol. The van der Waals surface area contributed by atoms with Crippen LogP contribution in [0, 0.1) is 0 Å². The summed E-state index contributed by atoms with van der Waals surface area (Å²) < 4.78 is 0. The van der Waals surface area contributed by atoms with E-state index < -0.39 is 5.91 Å². The van der Waals surface area contributed by atoms with Gasteiger partial charge in [-0.15, -0.1) is 0 Å². The fourth-order valence-corrected chi connectivity index (χ4v) is 2.67. The number of amides is 2. The van der Waals surface area contributed by atoms with Crippen LogP contribution >= 0.6 is 0 Å². The first-order valence-electron chi connectivity index (χ1n) is 7.93. The third-order valence-electron chi connectivity index (χ3n) is 3.91. The highest BCUT2D eigenvalue weighted by Crippen LogP contribution is 2.17. The molecule has 0 heterocycles. The molecule has 0 fully saturated rings. The summed E-state index contributed by atoms with van der Waals surface area (Å²) >= 11 is 0. The van der Waals surface area contributed by atoms with Crippen LogP contribution < -0.4 is 10.8 Å². The molecule has 3 N–H and O–H groups in total. The predicted molar refractivity (Wildman–Crippen MR) is 96.4 cm³/mol. The average Bonchev–Trinajstić information content (AvgIpc) is 2.63. The van der Waals surface area contributed by atoms with Gasteiger partial charge in [0, 0.05) is 5.69 Å². The predicted octanol–water partition coefficient (Wildman–Crippen LogP) is 3.07. The molecular formula is C20H18N2O3. The number of carbonyl (C=O) groups is 2. The van der Waals surface area contributed by atoms with Crippen molar-refractivity contribution in [3.63, 3.8) is 0 Å². The normalized spacial score (nSPS) is 10.4. The van der Waals surface area contributed by atoms with Crippen molar-refractivity contribution >= 4 is 28.3 Å². The zero-order valence-electron chi connectivity index (χ0n) is 13.5. The highest BCUT2D eigenvalue weighted by atomic mass is 16.5. The number of carbonyl (C=O) groups excluding carboxylic acids is 2. The number of hydrogen-bond acceptors (Lipinski definition) is 3. The van der Waals surface area contributed by atoms with Crippen molar-refractivity contribution in [3.05, 3.63) is 77.9 Å². The van der Waals surface area contributed by atoms with Gasteiger partial charge in [-0.1, -0.05) is 54.6 Å². The van der Waals surface area contributed by atoms with E-state index in [1.807, 2.05) is 42.5 Å². The van der Waals surface area contributed by atoms with Gasteiger partial charge in [0.1, 0.15) is 0 Å². The molecule has 126 valence electrons. The molecule has 3 aromatic rings. The Morgan fingerprint density at radius 3 is 2.12 bits per heavy atom. The first-order chi connectivity index (χ1) is 12.1. The molecule has 5 nitrogen and oxygen atoms in total. The zero-order chi connectivity index (χ0) is 17.6. The highest BCUT2D eigenvalue weighted by Gasteiger charge is 2.06. The van der Waals surface area contributed by atoms with Crippen LogP contribution in [0.4, 0.5) is 5.69 Å². The van der Waals surface area contributed by atoms with E-state index in [0.717, 1.165) is 21.9 Å². The van der Waals surface area contributed by atoms with Crippen molar-refractivity contribution in [2.45, 2.75) is 12.8 Å². The van der Waals surface area contributed by atoms with Gasteiger partial charge in [0.25, 0.3) is 0 Å². The van der Waals surface area contributed by atoms with Crippen LogP contribution in [0.3, 0.4) is 0 Å². The molecular weight excluding hydrogens is 316 g/mol. The van der Waals surface area contributed by atoms with Crippen LogP contribution in [0.1, 0.15) is 11.1 Å². The van der Waals surface area contributed by atoms with Crippen molar-refractivity contribution in [1.29, 1.82) is 0 Å². The molecule has 0 aromatic heterocycles. The maximum atomic E-state index is 12.2. The van der Waals surface area contributed by atoms with E-state index in [-0.39, 0.29) is 12.3 Å². The van der Waals surface area contributed by atoms with Crippen LogP contribution in [-0.2, 0) is 22.4 Å². The van der Waals surface area contributed by atoms with Crippen LogP contribution in [0.2, 0.25) is 0 Å². The Morgan fingerprint density at radius 1 is 0.760 bits per heavy atom. The van der Waals surface area contributed by atoms with Crippen LogP contribution in [-0.4, -0.2) is 17.0 Å². The molecule has 0 aliphatic heterocycles. The van der Waals surface area contributed by atoms with Crippen LogP contribution in [0.25, 0.3) is 10.8 Å². The summed E-state index contributed by atoms with van der Waals surface area (Å²) in [5, 5.41) is 13.6. The Morgan fingerprint density at radius 2 is 1.40 bits per heavy atom. The van der Waals surface area contributed by atoms with Gasteiger partial charge in [0.05, 0.1) is 12.8 Å². The van der Waals surface area contributed by atoms with Crippen molar-refractivity contribution < 1.29 is 14.8 Å². The van der Waals surface area contributed by atoms with E-state index in [1.165, 1.54) is 0 Å². The second-order valence-corrected chi connectivity index (χ2v) is 5.82. The van der Waals surface area contributed by atoms with E-state index in [9.17, 15) is 9.59 Å². The molecule has 3 aromatic carbocycles. The standard InChI is InChI=1S/C20H18N2O3/c23-19(13-15-5-8-16-3-1-2-4-17(16)11-15)21-18-9-6-14(7-10-18)12-20(24)22-25/h1-11,25H,12-13H2,(H,21,23)(H,22,24). The summed E-state index contributed by atoms with van der Waals surface area (Å²) in [5.41, 5.74) is 3.96. The number of anilines is 1. The smallest absolute Gasteiger partial charge is 0.247 e. The van der Waals surface area contributed by atoms with Crippen LogP contribution in [0.5, 0.6) is 0 Å². The highest BCUT2D eigenvalue weighted by molar-refractivity contribution is 5.93. The van der Waals surface area contributed by atoms with Gasteiger partial charge in [-0.25, -0.2) is 5.48 Å². The van der Waals surface area contributed by atoms with Crippen molar-refractivity contribution in [3.8, 4) is 0 Å². The summed E-state index contributed by atoms with van der Waals surface area (Å²) in [6.45, 7) is 0. The Labute approximate surface area is 145 Å². The SMILES string of the molecule is O=C(Cc1ccc(NC(=O)Cc2ccc3ccccc3c2)cc1)NO. The van der Waals surface area contributed by atoms with E-state index >= 15 is 0 Å². The quantitative estimate of drug-likeness (QED) is 0.496. The molecule has 0 atom stereocenters. The third kappa shape index (κ3) is 4.43. The molecule has 0 bridgehead atoms. The number of nitrogens with one attached hydrogen (secondary N) is 2. The maximum Gasteiger partial charge on any atom is 0.247 e. The Balaban J connectivity index is 1.62. The maximum absolute atomic E-state index is 12.2. The minimum absolute atomic E-state index is 0.0851. The lowest BCUT2D eigenvalue weighted by molar-refractivity contribution is -0.128. The minimum atomic E-state index is -0.479. The number of fused-ring (bicyclic) bond motifs is 1. The number of rotatable bonds is 5. The minimum Gasteiger partial charge on any atom is -0.326 e. The average molecular weight is 334 g/mol. The summed E-state index contributed by atoms with van der Waals surface area (Å²) in [5.74, 6) is -0.579. The third-order valence-corrected chi connectivity index (χ3v) is 3.91. The van der Waals surface area contributed by atoms with Gasteiger partial charge < -0.3 is 5.32 Å². The van der Waals surface area contributed by atoms with Crippen LogP contribution in [0.15, 0.2) is 66.7 Å². The summed E-state index contributed by atoms with van der Waals surface area (Å²) in [6, 6.07) is 21.0. The van der Waals surface area contributed by atoms with Gasteiger partial charge in [0.15, 0.2) is 0 Å². The molecule has 0 unspecified atom stereocenters. The van der Waals surface area contributed by atoms with Crippen molar-refractivity contribution in [1.82, 2.24) is 5.48 Å². The fourth-order valence-electron chi connectivity index (χ4n) is 2.67. The van der Waals surface area contributed by atoms with Gasteiger partial charge >= 0.3 is 0 Å². The zero-order valence-corrected chi connectivity index (χ0v) is 13.5. The van der Waals surface area contributed by atoms with E-state index in [1.54, 1.807) is 29.7 Å². The summed E-state index contributed by atoms with van der Waals surface area (Å²) in [7, 11) is 0. The number of hydroxylamine groups is 1. The molecule has 0 aliphatic rings. The molecule has 0 saturated carbocycles. The summed E-state index contributed by atoms with van der Waals surface area (Å²) in [6.07, 6.45) is 0.376. The summed E-state index contributed by atoms with van der Waals surface area (Å²) in [4.78, 5) is 23.3. The molecule has 0 saturated heterocycles. The van der Waals surface area contributed by atoms with Gasteiger partial charge in [-0.3, -0.25) is 14.8 Å². The molecule has 2 amide bonds. The molecule has 0 aliphatic carbocycles. The molecule has 0 spiro atoms. The molecule has 3 rings (SSSR count). The van der Waals surface area contributed by atoms with Crippen molar-refractivity contribution in [2.75, 3.05) is 5.32 Å². The number of hydrogen-bond donors (Lipinski definition) is 3. The fraction of sp³-hybridized carbons (Fsp3) is 0.100. The second kappa shape index (κ2) is 7.59. The lowest BCUT2D eigenvalue weighted by Gasteiger charge is -2.07. The molecule has 25 heavy (non-hydrogen) atoms. The van der Waals surface area contributed by atoms with Crippen molar-refractivity contribution in [2.24, 2.45) is 0 Å². The first kappa shape index (κ1) is 16.7.